The lowest BCUT2D eigenvalue weighted by Crippen LogP contribution is -1.90. The van der Waals surface area contributed by atoms with Gasteiger partial charge in [0.15, 0.2) is 4.73 Å². The third kappa shape index (κ3) is 2.62. The summed E-state index contributed by atoms with van der Waals surface area (Å²) in [5.74, 6) is 0. The van der Waals surface area contributed by atoms with E-state index in [-0.39, 0.29) is 0 Å². The Balaban J connectivity index is 2.42. The van der Waals surface area contributed by atoms with Gasteiger partial charge in [-0.2, -0.15) is 0 Å². The Morgan fingerprint density at radius 1 is 1.12 bits per heavy atom. The summed E-state index contributed by atoms with van der Waals surface area (Å²) in [7, 11) is 0. The highest BCUT2D eigenvalue weighted by molar-refractivity contribution is 9.10. The Morgan fingerprint density at radius 3 is 2.38 bits per heavy atom. The molecular weight excluding hydrogens is 284 g/mol. The van der Waals surface area contributed by atoms with Crippen molar-refractivity contribution < 1.29 is 0 Å². The molecule has 0 bridgehead atoms. The van der Waals surface area contributed by atoms with E-state index in [0.29, 0.717) is 4.73 Å². The standard InChI is InChI=1S/C12H11BrN2S/c1-8-7-11(15-12(13)14-8)9-3-5-10(16-2)6-4-9/h3-7H,1-2H3. The van der Waals surface area contributed by atoms with E-state index >= 15 is 0 Å². The van der Waals surface area contributed by atoms with Crippen molar-refractivity contribution in [3.05, 3.63) is 40.8 Å². The summed E-state index contributed by atoms with van der Waals surface area (Å²) in [5.41, 5.74) is 3.03. The van der Waals surface area contributed by atoms with Crippen molar-refractivity contribution in [2.45, 2.75) is 11.8 Å². The number of aromatic nitrogens is 2. The summed E-state index contributed by atoms with van der Waals surface area (Å²) in [6.07, 6.45) is 2.07. The molecule has 0 spiro atoms. The fourth-order valence-electron chi connectivity index (χ4n) is 1.44. The Morgan fingerprint density at radius 2 is 1.81 bits per heavy atom. The molecule has 0 saturated heterocycles. The van der Waals surface area contributed by atoms with E-state index in [2.05, 4.69) is 56.4 Å². The second kappa shape index (κ2) is 4.97. The Kier molecular flexibility index (Phi) is 3.61. The highest BCUT2D eigenvalue weighted by atomic mass is 79.9. The van der Waals surface area contributed by atoms with E-state index in [1.165, 1.54) is 4.90 Å². The van der Waals surface area contributed by atoms with Crippen molar-refractivity contribution in [3.63, 3.8) is 0 Å². The number of halogens is 1. The van der Waals surface area contributed by atoms with Gasteiger partial charge in [0.2, 0.25) is 0 Å². The van der Waals surface area contributed by atoms with Gasteiger partial charge < -0.3 is 0 Å². The first-order valence-corrected chi connectivity index (χ1v) is 6.86. The fourth-order valence-corrected chi connectivity index (χ4v) is 2.32. The largest absolute Gasteiger partial charge is 0.227 e. The van der Waals surface area contributed by atoms with E-state index in [1.54, 1.807) is 11.8 Å². The van der Waals surface area contributed by atoms with E-state index in [4.69, 9.17) is 0 Å². The maximum atomic E-state index is 4.36. The molecule has 0 radical (unpaired) electrons. The van der Waals surface area contributed by atoms with Crippen LogP contribution >= 0.6 is 27.7 Å². The summed E-state index contributed by atoms with van der Waals surface area (Å²) in [4.78, 5) is 9.81. The molecule has 0 N–H and O–H groups in total. The second-order valence-corrected chi connectivity index (χ2v) is 4.98. The number of aryl methyl sites for hydroxylation is 1. The van der Waals surface area contributed by atoms with E-state index in [1.807, 2.05) is 13.0 Å². The van der Waals surface area contributed by atoms with Gasteiger partial charge >= 0.3 is 0 Å². The van der Waals surface area contributed by atoms with Crippen LogP contribution in [-0.4, -0.2) is 16.2 Å². The molecule has 0 atom stereocenters. The van der Waals surface area contributed by atoms with Crippen LogP contribution in [0.2, 0.25) is 0 Å². The maximum absolute atomic E-state index is 4.36. The van der Waals surface area contributed by atoms with Crippen LogP contribution in [0.4, 0.5) is 0 Å². The van der Waals surface area contributed by atoms with Crippen LogP contribution < -0.4 is 0 Å². The van der Waals surface area contributed by atoms with Gasteiger partial charge in [-0.15, -0.1) is 11.8 Å². The Bertz CT molecular complexity index is 477. The minimum absolute atomic E-state index is 0.636. The molecule has 2 rings (SSSR count). The van der Waals surface area contributed by atoms with Crippen molar-refractivity contribution >= 4 is 27.7 Å². The molecule has 0 unspecified atom stereocenters. The molecule has 0 aliphatic carbocycles. The normalized spacial score (nSPS) is 10.4. The average molecular weight is 295 g/mol. The molecule has 0 aliphatic rings. The lowest BCUT2D eigenvalue weighted by molar-refractivity contribution is 1.06. The van der Waals surface area contributed by atoms with Crippen molar-refractivity contribution in [1.29, 1.82) is 0 Å². The molecule has 0 saturated carbocycles. The van der Waals surface area contributed by atoms with Crippen LogP contribution in [0.3, 0.4) is 0 Å². The summed E-state index contributed by atoms with van der Waals surface area (Å²) in [5, 5.41) is 0. The molecule has 0 fully saturated rings. The molecule has 0 aliphatic heterocycles. The van der Waals surface area contributed by atoms with E-state index < -0.39 is 0 Å². The molecule has 82 valence electrons. The molecular formula is C12H11BrN2S. The number of rotatable bonds is 2. The average Bonchev–Trinajstić information content (AvgIpc) is 2.28. The topological polar surface area (TPSA) is 25.8 Å². The molecule has 1 heterocycles. The first kappa shape index (κ1) is 11.6. The van der Waals surface area contributed by atoms with Gasteiger partial charge in [0, 0.05) is 16.2 Å². The third-order valence-electron chi connectivity index (χ3n) is 2.21. The highest BCUT2D eigenvalue weighted by Crippen LogP contribution is 2.22. The summed E-state index contributed by atoms with van der Waals surface area (Å²) in [6.45, 7) is 1.96. The predicted octanol–water partition coefficient (Wildman–Crippen LogP) is 3.94. The number of nitrogens with zero attached hydrogens (tertiary/aromatic N) is 2. The van der Waals surface area contributed by atoms with E-state index in [9.17, 15) is 0 Å². The molecule has 0 amide bonds. The van der Waals surface area contributed by atoms with Crippen LogP contribution in [0.5, 0.6) is 0 Å². The molecule has 4 heteroatoms. The van der Waals surface area contributed by atoms with Gasteiger partial charge in [-0.25, -0.2) is 9.97 Å². The van der Waals surface area contributed by atoms with Gasteiger partial charge in [0.05, 0.1) is 5.69 Å². The monoisotopic (exact) mass is 294 g/mol. The van der Waals surface area contributed by atoms with Crippen LogP contribution in [0, 0.1) is 6.92 Å². The smallest absolute Gasteiger partial charge is 0.197 e. The first-order chi connectivity index (χ1) is 7.69. The number of hydrogen-bond donors (Lipinski definition) is 0. The molecule has 1 aromatic carbocycles. The minimum Gasteiger partial charge on any atom is -0.227 e. The summed E-state index contributed by atoms with van der Waals surface area (Å²) < 4.78 is 0.636. The van der Waals surface area contributed by atoms with Gasteiger partial charge in [-0.3, -0.25) is 0 Å². The molecule has 2 aromatic rings. The number of benzene rings is 1. The highest BCUT2D eigenvalue weighted by Gasteiger charge is 2.02. The maximum Gasteiger partial charge on any atom is 0.197 e. The summed E-state index contributed by atoms with van der Waals surface area (Å²) in [6, 6.07) is 10.4. The van der Waals surface area contributed by atoms with Crippen LogP contribution in [0.1, 0.15) is 5.69 Å². The second-order valence-electron chi connectivity index (χ2n) is 3.39. The minimum atomic E-state index is 0.636. The predicted molar refractivity (Wildman–Crippen MR) is 71.7 cm³/mol. The van der Waals surface area contributed by atoms with Gasteiger partial charge in [0.1, 0.15) is 0 Å². The zero-order valence-corrected chi connectivity index (χ0v) is 11.5. The summed E-state index contributed by atoms with van der Waals surface area (Å²) >= 11 is 5.05. The van der Waals surface area contributed by atoms with Crippen molar-refractivity contribution in [2.75, 3.05) is 6.26 Å². The molecule has 1 aromatic heterocycles. The van der Waals surface area contributed by atoms with Gasteiger partial charge in [0.25, 0.3) is 0 Å². The van der Waals surface area contributed by atoms with E-state index in [0.717, 1.165) is 17.0 Å². The fraction of sp³-hybridized carbons (Fsp3) is 0.167. The quantitative estimate of drug-likeness (QED) is 0.620. The van der Waals surface area contributed by atoms with Crippen LogP contribution in [-0.2, 0) is 0 Å². The number of hydrogen-bond acceptors (Lipinski definition) is 3. The van der Waals surface area contributed by atoms with Gasteiger partial charge in [-0.05, 0) is 47.3 Å². The van der Waals surface area contributed by atoms with Crippen molar-refractivity contribution in [3.8, 4) is 11.3 Å². The van der Waals surface area contributed by atoms with Crippen LogP contribution in [0.15, 0.2) is 40.0 Å². The Hall–Kier alpha value is -0.870. The van der Waals surface area contributed by atoms with Crippen molar-refractivity contribution in [1.82, 2.24) is 9.97 Å². The molecule has 2 nitrogen and oxygen atoms in total. The molecule has 16 heavy (non-hydrogen) atoms. The third-order valence-corrected chi connectivity index (χ3v) is 3.31. The lowest BCUT2D eigenvalue weighted by atomic mass is 10.1. The van der Waals surface area contributed by atoms with Crippen molar-refractivity contribution in [2.24, 2.45) is 0 Å². The zero-order valence-electron chi connectivity index (χ0n) is 9.07. The van der Waals surface area contributed by atoms with Crippen LogP contribution in [0.25, 0.3) is 11.3 Å². The number of thioether (sulfide) groups is 1. The first-order valence-electron chi connectivity index (χ1n) is 4.84. The SMILES string of the molecule is CSc1ccc(-c2cc(C)nc(Br)n2)cc1. The lowest BCUT2D eigenvalue weighted by Gasteiger charge is -2.03. The van der Waals surface area contributed by atoms with Gasteiger partial charge in [-0.1, -0.05) is 12.1 Å². The zero-order chi connectivity index (χ0) is 11.5. The Labute approximate surface area is 108 Å².